The van der Waals surface area contributed by atoms with Crippen LogP contribution in [0.3, 0.4) is 0 Å². The topological polar surface area (TPSA) is 88.5 Å². The quantitative estimate of drug-likeness (QED) is 0.753. The van der Waals surface area contributed by atoms with Crippen molar-refractivity contribution in [2.75, 3.05) is 13.6 Å². The standard InChI is InChI=1S/C21H25F2N5O3/c1-11-8-16-15(9-25-11)18-20(30)27(10-17(19(29)24-3)28(18)26-16)12(2)13-4-6-14(7-5-13)31-21(22)23/h4-7,11-12,17,21,25H,8-10H2,1-3H3,(H,24,29)/t11-,12+,17?/m1/s1. The van der Waals surface area contributed by atoms with Gasteiger partial charge in [-0.2, -0.15) is 13.9 Å². The van der Waals surface area contributed by atoms with Gasteiger partial charge in [0.2, 0.25) is 5.91 Å². The van der Waals surface area contributed by atoms with Gasteiger partial charge in [-0.25, -0.2) is 4.68 Å². The number of likely N-dealkylation sites (N-methyl/N-ethyl adjacent to an activating group) is 1. The van der Waals surface area contributed by atoms with Crippen LogP contribution in [0.1, 0.15) is 53.2 Å². The maximum atomic E-state index is 13.5. The zero-order chi connectivity index (χ0) is 22.3. The first kappa shape index (κ1) is 21.2. The van der Waals surface area contributed by atoms with E-state index in [0.717, 1.165) is 16.8 Å². The first-order valence-corrected chi connectivity index (χ1v) is 10.2. The minimum atomic E-state index is -2.90. The molecule has 2 amide bonds. The largest absolute Gasteiger partial charge is 0.435 e. The summed E-state index contributed by atoms with van der Waals surface area (Å²) in [5, 5.41) is 10.6. The lowest BCUT2D eigenvalue weighted by atomic mass is 9.98. The van der Waals surface area contributed by atoms with Gasteiger partial charge in [0.25, 0.3) is 5.91 Å². The van der Waals surface area contributed by atoms with Crippen molar-refractivity contribution in [1.29, 1.82) is 0 Å². The smallest absolute Gasteiger partial charge is 0.387 e. The molecule has 0 saturated heterocycles. The van der Waals surface area contributed by atoms with Gasteiger partial charge in [0, 0.05) is 31.6 Å². The molecule has 0 bridgehead atoms. The van der Waals surface area contributed by atoms with Crippen LogP contribution in [0.2, 0.25) is 0 Å². The van der Waals surface area contributed by atoms with Crippen LogP contribution in [-0.4, -0.2) is 52.7 Å². The molecule has 4 rings (SSSR count). The molecular formula is C21H25F2N5O3. The van der Waals surface area contributed by atoms with Crippen LogP contribution in [0.4, 0.5) is 8.78 Å². The summed E-state index contributed by atoms with van der Waals surface area (Å²) >= 11 is 0. The summed E-state index contributed by atoms with van der Waals surface area (Å²) in [6.45, 7) is 1.67. The van der Waals surface area contributed by atoms with Crippen molar-refractivity contribution in [1.82, 2.24) is 25.3 Å². The number of carbonyl (C=O) groups excluding carboxylic acids is 2. The lowest BCUT2D eigenvalue weighted by molar-refractivity contribution is -0.125. The number of halogens is 2. The molecule has 31 heavy (non-hydrogen) atoms. The normalized spacial score (nSPS) is 21.5. The van der Waals surface area contributed by atoms with Crippen molar-refractivity contribution in [2.45, 2.75) is 51.6 Å². The number of carbonyl (C=O) groups is 2. The van der Waals surface area contributed by atoms with Crippen LogP contribution in [0.15, 0.2) is 24.3 Å². The Balaban J connectivity index is 1.68. The molecule has 8 nitrogen and oxygen atoms in total. The Morgan fingerprint density at radius 1 is 1.32 bits per heavy atom. The van der Waals surface area contributed by atoms with Gasteiger partial charge in [-0.15, -0.1) is 0 Å². The van der Waals surface area contributed by atoms with Crippen LogP contribution in [0.5, 0.6) is 5.75 Å². The number of nitrogens with zero attached hydrogens (tertiary/aromatic N) is 3. The van der Waals surface area contributed by atoms with Crippen LogP contribution >= 0.6 is 0 Å². The number of nitrogens with one attached hydrogen (secondary N) is 2. The fourth-order valence-electron chi connectivity index (χ4n) is 4.24. The zero-order valence-corrected chi connectivity index (χ0v) is 17.6. The van der Waals surface area contributed by atoms with E-state index in [-0.39, 0.29) is 36.2 Å². The molecule has 0 aliphatic carbocycles. The molecular weight excluding hydrogens is 408 g/mol. The molecule has 1 aromatic carbocycles. The summed E-state index contributed by atoms with van der Waals surface area (Å²) in [5.41, 5.74) is 2.85. The van der Waals surface area contributed by atoms with E-state index in [1.54, 1.807) is 28.8 Å². The van der Waals surface area contributed by atoms with Gasteiger partial charge in [0.1, 0.15) is 17.5 Å². The van der Waals surface area contributed by atoms with Crippen LogP contribution < -0.4 is 15.4 Å². The highest BCUT2D eigenvalue weighted by Gasteiger charge is 2.41. The number of alkyl halides is 2. The van der Waals surface area contributed by atoms with Crippen molar-refractivity contribution in [2.24, 2.45) is 0 Å². The highest BCUT2D eigenvalue weighted by atomic mass is 19.3. The Kier molecular flexibility index (Phi) is 5.65. The van der Waals surface area contributed by atoms with Crippen molar-refractivity contribution in [3.8, 4) is 5.75 Å². The van der Waals surface area contributed by atoms with Gasteiger partial charge in [-0.05, 0) is 31.5 Å². The summed E-state index contributed by atoms with van der Waals surface area (Å²) in [7, 11) is 1.56. The monoisotopic (exact) mass is 433 g/mol. The second-order valence-corrected chi connectivity index (χ2v) is 7.92. The minimum absolute atomic E-state index is 0.0477. The maximum absolute atomic E-state index is 13.5. The maximum Gasteiger partial charge on any atom is 0.387 e. The predicted molar refractivity (Wildman–Crippen MR) is 108 cm³/mol. The Morgan fingerprint density at radius 3 is 2.68 bits per heavy atom. The van der Waals surface area contributed by atoms with Gasteiger partial charge in [0.15, 0.2) is 0 Å². The second kappa shape index (κ2) is 8.26. The number of aromatic nitrogens is 2. The molecule has 2 aliphatic rings. The molecule has 3 atom stereocenters. The number of rotatable bonds is 5. The van der Waals surface area contributed by atoms with Gasteiger partial charge in [-0.3, -0.25) is 9.59 Å². The Labute approximate surface area is 178 Å². The van der Waals surface area contributed by atoms with E-state index in [1.165, 1.54) is 12.1 Å². The van der Waals surface area contributed by atoms with Gasteiger partial charge < -0.3 is 20.3 Å². The molecule has 2 aliphatic heterocycles. The highest BCUT2D eigenvalue weighted by Crippen LogP contribution is 2.33. The number of hydrogen-bond acceptors (Lipinski definition) is 5. The SMILES string of the molecule is CNC(=O)C1CN([C@@H](C)c2ccc(OC(F)F)cc2)C(=O)c2c3c(nn21)C[C@@H](C)NC3. The average molecular weight is 433 g/mol. The molecule has 2 aromatic rings. The van der Waals surface area contributed by atoms with Crippen molar-refractivity contribution >= 4 is 11.8 Å². The van der Waals surface area contributed by atoms with E-state index in [2.05, 4.69) is 27.4 Å². The van der Waals surface area contributed by atoms with Crippen molar-refractivity contribution in [3.63, 3.8) is 0 Å². The number of benzene rings is 1. The third kappa shape index (κ3) is 3.87. The Hall–Kier alpha value is -3.01. The van der Waals surface area contributed by atoms with Crippen LogP contribution in [-0.2, 0) is 17.8 Å². The molecule has 0 saturated carbocycles. The highest BCUT2D eigenvalue weighted by molar-refractivity contribution is 5.97. The van der Waals surface area contributed by atoms with Crippen molar-refractivity contribution in [3.05, 3.63) is 46.8 Å². The first-order valence-electron chi connectivity index (χ1n) is 10.2. The predicted octanol–water partition coefficient (Wildman–Crippen LogP) is 2.02. The van der Waals surface area contributed by atoms with Crippen LogP contribution in [0.25, 0.3) is 0 Å². The van der Waals surface area contributed by atoms with E-state index >= 15 is 0 Å². The van der Waals surface area contributed by atoms with Gasteiger partial charge in [0.05, 0.1) is 18.3 Å². The molecule has 0 radical (unpaired) electrons. The van der Waals surface area contributed by atoms with Crippen molar-refractivity contribution < 1.29 is 23.1 Å². The summed E-state index contributed by atoms with van der Waals surface area (Å²) < 4.78 is 30.8. The Morgan fingerprint density at radius 2 is 2.03 bits per heavy atom. The zero-order valence-electron chi connectivity index (χ0n) is 17.6. The number of fused-ring (bicyclic) bond motifs is 3. The second-order valence-electron chi connectivity index (χ2n) is 7.92. The fourth-order valence-corrected chi connectivity index (χ4v) is 4.24. The summed E-state index contributed by atoms with van der Waals surface area (Å²) in [5.74, 6) is -0.385. The van der Waals surface area contributed by atoms with Gasteiger partial charge in [-0.1, -0.05) is 12.1 Å². The molecule has 3 heterocycles. The van der Waals surface area contributed by atoms with Gasteiger partial charge >= 0.3 is 6.61 Å². The molecule has 0 spiro atoms. The minimum Gasteiger partial charge on any atom is -0.435 e. The molecule has 1 aromatic heterocycles. The van der Waals surface area contributed by atoms with E-state index in [9.17, 15) is 18.4 Å². The van der Waals surface area contributed by atoms with E-state index < -0.39 is 12.7 Å². The summed E-state index contributed by atoms with van der Waals surface area (Å²) in [6, 6.07) is 5.39. The Bertz CT molecular complexity index is 992. The van der Waals surface area contributed by atoms with E-state index in [1.807, 2.05) is 6.92 Å². The fraction of sp³-hybridized carbons (Fsp3) is 0.476. The summed E-state index contributed by atoms with van der Waals surface area (Å²) in [6.07, 6.45) is 0.685. The number of hydrogen-bond donors (Lipinski definition) is 2. The summed E-state index contributed by atoms with van der Waals surface area (Å²) in [4.78, 5) is 27.8. The molecule has 0 fully saturated rings. The van der Waals surface area contributed by atoms with E-state index in [0.29, 0.717) is 18.7 Å². The first-order chi connectivity index (χ1) is 14.8. The van der Waals surface area contributed by atoms with E-state index in [4.69, 9.17) is 0 Å². The van der Waals surface area contributed by atoms with Crippen LogP contribution in [0, 0.1) is 0 Å². The lowest BCUT2D eigenvalue weighted by Gasteiger charge is -2.37. The lowest BCUT2D eigenvalue weighted by Crippen LogP contribution is -2.49. The molecule has 1 unspecified atom stereocenters. The average Bonchev–Trinajstić information content (AvgIpc) is 3.12. The third-order valence-electron chi connectivity index (χ3n) is 5.95. The molecule has 166 valence electrons. The third-order valence-corrected chi connectivity index (χ3v) is 5.95. The molecule has 10 heteroatoms. The number of amides is 2. The number of ether oxygens (including phenoxy) is 1. The molecule has 2 N–H and O–H groups in total.